The maximum absolute atomic E-state index is 12.3. The Hall–Kier alpha value is -1.52. The second-order valence-corrected chi connectivity index (χ2v) is 6.92. The van der Waals surface area contributed by atoms with Gasteiger partial charge in [0.2, 0.25) is 0 Å². The maximum atomic E-state index is 12.3. The summed E-state index contributed by atoms with van der Waals surface area (Å²) < 4.78 is 7.58. The van der Waals surface area contributed by atoms with Crippen molar-refractivity contribution in [1.82, 2.24) is 14.5 Å². The fourth-order valence-electron chi connectivity index (χ4n) is 2.07. The topological polar surface area (TPSA) is 47.4 Å². The van der Waals surface area contributed by atoms with Gasteiger partial charge >= 0.3 is 6.09 Å². The number of amides is 1. The molecule has 1 rings (SSSR count). The molecule has 0 N–H and O–H groups in total. The zero-order valence-corrected chi connectivity index (χ0v) is 14.4. The Bertz CT molecular complexity index is 472. The minimum Gasteiger partial charge on any atom is -0.444 e. The van der Waals surface area contributed by atoms with Crippen LogP contribution >= 0.6 is 0 Å². The molecule has 0 atom stereocenters. The first kappa shape index (κ1) is 17.5. The van der Waals surface area contributed by atoms with Crippen molar-refractivity contribution in [3.63, 3.8) is 0 Å². The second kappa shape index (κ2) is 6.50. The van der Waals surface area contributed by atoms with Crippen LogP contribution in [0.1, 0.15) is 60.1 Å². The van der Waals surface area contributed by atoms with E-state index < -0.39 is 11.1 Å². The van der Waals surface area contributed by atoms with Gasteiger partial charge in [-0.15, -0.1) is 0 Å². The first-order chi connectivity index (χ1) is 9.59. The lowest BCUT2D eigenvalue weighted by Gasteiger charge is -2.37. The van der Waals surface area contributed by atoms with Gasteiger partial charge in [0.15, 0.2) is 0 Å². The van der Waals surface area contributed by atoms with E-state index in [4.69, 9.17) is 4.74 Å². The number of ether oxygens (including phenoxy) is 1. The zero-order chi connectivity index (χ0) is 16.3. The van der Waals surface area contributed by atoms with Crippen molar-refractivity contribution in [3.05, 3.63) is 18.2 Å². The summed E-state index contributed by atoms with van der Waals surface area (Å²) in [6.07, 6.45) is 5.55. The van der Waals surface area contributed by atoms with Gasteiger partial charge in [0.1, 0.15) is 5.60 Å². The number of carbonyl (C=O) groups is 1. The number of carbonyl (C=O) groups excluding carboxylic acids is 1. The highest BCUT2D eigenvalue weighted by atomic mass is 16.6. The molecule has 0 bridgehead atoms. The Morgan fingerprint density at radius 3 is 2.48 bits per heavy atom. The summed E-state index contributed by atoms with van der Waals surface area (Å²) in [7, 11) is 1.77. The fraction of sp³-hybridized carbons (Fsp3) is 0.750. The number of imidazole rings is 1. The highest BCUT2D eigenvalue weighted by Gasteiger charge is 2.34. The van der Waals surface area contributed by atoms with Crippen molar-refractivity contribution >= 4 is 6.09 Å². The van der Waals surface area contributed by atoms with Crippen LogP contribution in [0.3, 0.4) is 0 Å². The summed E-state index contributed by atoms with van der Waals surface area (Å²) in [6, 6.07) is 0. The van der Waals surface area contributed by atoms with Gasteiger partial charge in [-0.25, -0.2) is 9.78 Å². The molecule has 1 heterocycles. The SMILES string of the molecule is CCCCn1cncc1C(C)(C)N(C)C(=O)OC(C)(C)C. The molecule has 0 saturated carbocycles. The van der Waals surface area contributed by atoms with Crippen molar-refractivity contribution < 1.29 is 9.53 Å². The Labute approximate surface area is 128 Å². The van der Waals surface area contributed by atoms with Crippen LogP contribution in [-0.4, -0.2) is 33.2 Å². The Balaban J connectivity index is 2.94. The molecule has 5 nitrogen and oxygen atoms in total. The molecule has 1 aromatic heterocycles. The highest BCUT2D eigenvalue weighted by Crippen LogP contribution is 2.28. The molecule has 0 aromatic carbocycles. The van der Waals surface area contributed by atoms with E-state index in [1.165, 1.54) is 0 Å². The molecular formula is C16H29N3O2. The van der Waals surface area contributed by atoms with Crippen LogP contribution in [-0.2, 0) is 16.8 Å². The average Bonchev–Trinajstić information content (AvgIpc) is 2.82. The molecule has 0 fully saturated rings. The van der Waals surface area contributed by atoms with Crippen LogP contribution in [0.25, 0.3) is 0 Å². The lowest BCUT2D eigenvalue weighted by molar-refractivity contribution is 0.00913. The van der Waals surface area contributed by atoms with Gasteiger partial charge in [-0.1, -0.05) is 13.3 Å². The van der Waals surface area contributed by atoms with E-state index in [1.54, 1.807) is 11.9 Å². The third-order valence-electron chi connectivity index (χ3n) is 3.60. The number of unbranched alkanes of at least 4 members (excludes halogenated alkanes) is 1. The van der Waals surface area contributed by atoms with Gasteiger partial charge in [0.05, 0.1) is 23.8 Å². The van der Waals surface area contributed by atoms with Crippen LogP contribution in [0.15, 0.2) is 12.5 Å². The number of nitrogens with zero attached hydrogens (tertiary/aromatic N) is 3. The number of aromatic nitrogens is 2. The van der Waals surface area contributed by atoms with Gasteiger partial charge in [0, 0.05) is 13.6 Å². The van der Waals surface area contributed by atoms with Crippen molar-refractivity contribution in [3.8, 4) is 0 Å². The largest absolute Gasteiger partial charge is 0.444 e. The van der Waals surface area contributed by atoms with Crippen LogP contribution < -0.4 is 0 Å². The quantitative estimate of drug-likeness (QED) is 0.830. The molecule has 0 aliphatic heterocycles. The minimum absolute atomic E-state index is 0.323. The summed E-state index contributed by atoms with van der Waals surface area (Å²) >= 11 is 0. The molecule has 120 valence electrons. The monoisotopic (exact) mass is 295 g/mol. The standard InChI is InChI=1S/C16H29N3O2/c1-8-9-10-19-12-17-11-13(19)16(5,6)18(7)14(20)21-15(2,3)4/h11-12H,8-10H2,1-7H3. The highest BCUT2D eigenvalue weighted by molar-refractivity contribution is 5.69. The predicted octanol–water partition coefficient (Wildman–Crippen LogP) is 3.79. The average molecular weight is 295 g/mol. The van der Waals surface area contributed by atoms with Gasteiger partial charge < -0.3 is 14.2 Å². The number of hydrogen-bond donors (Lipinski definition) is 0. The minimum atomic E-state index is -0.496. The summed E-state index contributed by atoms with van der Waals surface area (Å²) in [5, 5.41) is 0. The van der Waals surface area contributed by atoms with E-state index >= 15 is 0 Å². The molecule has 0 saturated heterocycles. The molecule has 0 aliphatic carbocycles. The van der Waals surface area contributed by atoms with Gasteiger partial charge in [0.25, 0.3) is 0 Å². The van der Waals surface area contributed by atoms with Crippen molar-refractivity contribution in [2.24, 2.45) is 0 Å². The van der Waals surface area contributed by atoms with Crippen molar-refractivity contribution in [1.29, 1.82) is 0 Å². The Kier molecular flexibility index (Phi) is 5.42. The third-order valence-corrected chi connectivity index (χ3v) is 3.60. The third kappa shape index (κ3) is 4.48. The van der Waals surface area contributed by atoms with Crippen LogP contribution in [0, 0.1) is 0 Å². The first-order valence-electron chi connectivity index (χ1n) is 7.57. The molecule has 0 radical (unpaired) electrons. The molecular weight excluding hydrogens is 266 g/mol. The van der Waals surface area contributed by atoms with Crippen molar-refractivity contribution in [2.75, 3.05) is 7.05 Å². The van der Waals surface area contributed by atoms with Gasteiger partial charge in [-0.2, -0.15) is 0 Å². The van der Waals surface area contributed by atoms with E-state index in [0.29, 0.717) is 0 Å². The molecule has 1 amide bonds. The van der Waals surface area contributed by atoms with Gasteiger partial charge in [-0.05, 0) is 41.0 Å². The van der Waals surface area contributed by atoms with E-state index in [1.807, 2.05) is 47.1 Å². The lowest BCUT2D eigenvalue weighted by Crippen LogP contribution is -2.46. The molecule has 0 unspecified atom stereocenters. The van der Waals surface area contributed by atoms with E-state index in [0.717, 1.165) is 25.1 Å². The molecule has 0 aliphatic rings. The van der Waals surface area contributed by atoms with Gasteiger partial charge in [-0.3, -0.25) is 0 Å². The first-order valence-corrected chi connectivity index (χ1v) is 7.57. The smallest absolute Gasteiger partial charge is 0.410 e. The second-order valence-electron chi connectivity index (χ2n) is 6.92. The Morgan fingerprint density at radius 2 is 1.95 bits per heavy atom. The molecule has 21 heavy (non-hydrogen) atoms. The number of aryl methyl sites for hydroxylation is 1. The zero-order valence-electron chi connectivity index (χ0n) is 14.4. The molecule has 5 heteroatoms. The lowest BCUT2D eigenvalue weighted by atomic mass is 9.99. The van der Waals surface area contributed by atoms with Crippen LogP contribution in [0.4, 0.5) is 4.79 Å². The predicted molar refractivity (Wildman–Crippen MR) is 84.2 cm³/mol. The van der Waals surface area contributed by atoms with Crippen LogP contribution in [0.2, 0.25) is 0 Å². The van der Waals surface area contributed by atoms with E-state index in [2.05, 4.69) is 16.5 Å². The summed E-state index contributed by atoms with van der Waals surface area (Å²) in [5.74, 6) is 0. The van der Waals surface area contributed by atoms with E-state index in [9.17, 15) is 4.79 Å². The van der Waals surface area contributed by atoms with Crippen LogP contribution in [0.5, 0.6) is 0 Å². The normalized spacial score (nSPS) is 12.3. The Morgan fingerprint density at radius 1 is 1.33 bits per heavy atom. The molecule has 1 aromatic rings. The fourth-order valence-corrected chi connectivity index (χ4v) is 2.07. The van der Waals surface area contributed by atoms with Crippen molar-refractivity contribution in [2.45, 2.75) is 72.1 Å². The number of hydrogen-bond acceptors (Lipinski definition) is 3. The maximum Gasteiger partial charge on any atom is 0.410 e. The number of rotatable bonds is 5. The summed E-state index contributed by atoms with van der Waals surface area (Å²) in [6.45, 7) is 12.7. The molecule has 0 spiro atoms. The summed E-state index contributed by atoms with van der Waals surface area (Å²) in [5.41, 5.74) is 0.0421. The van der Waals surface area contributed by atoms with E-state index in [-0.39, 0.29) is 6.09 Å². The summed E-state index contributed by atoms with van der Waals surface area (Å²) in [4.78, 5) is 18.2.